The molecule has 2 bridgehead atoms. The summed E-state index contributed by atoms with van der Waals surface area (Å²) >= 11 is 0. The lowest BCUT2D eigenvalue weighted by molar-refractivity contribution is -0.123. The lowest BCUT2D eigenvalue weighted by atomic mass is 9.47. The van der Waals surface area contributed by atoms with Crippen LogP contribution in [-0.2, 0) is 26.2 Å². The van der Waals surface area contributed by atoms with Gasteiger partial charge in [0.05, 0.1) is 29.4 Å². The number of hydrogen-bond acceptors (Lipinski definition) is 4. The number of imide groups is 1. The van der Waals surface area contributed by atoms with E-state index in [0.29, 0.717) is 5.69 Å². The van der Waals surface area contributed by atoms with Crippen molar-refractivity contribution >= 4 is 51.2 Å². The number of anilines is 1. The molecule has 0 radical (unpaired) electrons. The molecule has 1 fully saturated rings. The van der Waals surface area contributed by atoms with Crippen LogP contribution in [-0.4, -0.2) is 23.9 Å². The Bertz CT molecular complexity index is 2270. The first-order valence-electron chi connectivity index (χ1n) is 15.9. The van der Waals surface area contributed by atoms with Crippen LogP contribution in [0.1, 0.15) is 33.7 Å². The van der Waals surface area contributed by atoms with E-state index in [-0.39, 0.29) is 30.1 Å². The van der Waals surface area contributed by atoms with Gasteiger partial charge in [-0.2, -0.15) is 5.10 Å². The third kappa shape index (κ3) is 3.85. The van der Waals surface area contributed by atoms with Crippen molar-refractivity contribution in [3.8, 4) is 0 Å². The van der Waals surface area contributed by atoms with E-state index in [1.807, 2.05) is 121 Å². The molecular formula is C41H29N3O3. The number of benzene rings is 6. The Morgan fingerprint density at radius 2 is 1.26 bits per heavy atom. The van der Waals surface area contributed by atoms with Crippen LogP contribution in [0.4, 0.5) is 5.69 Å². The highest BCUT2D eigenvalue weighted by atomic mass is 16.2. The van der Waals surface area contributed by atoms with Gasteiger partial charge in [0.15, 0.2) is 0 Å². The Morgan fingerprint density at radius 3 is 1.98 bits per heavy atom. The second kappa shape index (κ2) is 10.3. The van der Waals surface area contributed by atoms with Crippen molar-refractivity contribution in [1.29, 1.82) is 0 Å². The van der Waals surface area contributed by atoms with E-state index < -0.39 is 17.3 Å². The highest BCUT2D eigenvalue weighted by molar-refractivity contribution is 6.27. The molecule has 1 saturated heterocycles. The van der Waals surface area contributed by atoms with Gasteiger partial charge in [0, 0.05) is 17.5 Å². The zero-order valence-corrected chi connectivity index (χ0v) is 25.3. The standard InChI is InChI=1S/C41H29N3O3/c45-35(23-27-15-9-13-25-11-1-3-16-28(25)27)43-42-24-41-32-20-7-5-18-30(32)36(31-19-6-8-21-33(31)41)37-38(41)40(47)44(39(37)46)34-22-10-14-26-12-2-4-17-29(26)34/h1-22,24,36-38H,23H2,(H,43,45)/b42-24-/t36?,37-,38+,41?/m0/s1. The van der Waals surface area contributed by atoms with Gasteiger partial charge < -0.3 is 0 Å². The molecule has 226 valence electrons. The van der Waals surface area contributed by atoms with Gasteiger partial charge in [0.1, 0.15) is 0 Å². The molecule has 3 amide bonds. The highest BCUT2D eigenvalue weighted by Crippen LogP contribution is 2.63. The zero-order chi connectivity index (χ0) is 31.7. The van der Waals surface area contributed by atoms with E-state index in [9.17, 15) is 14.4 Å². The summed E-state index contributed by atoms with van der Waals surface area (Å²) in [6.45, 7) is 0. The van der Waals surface area contributed by atoms with Crippen molar-refractivity contribution in [2.75, 3.05) is 4.90 Å². The SMILES string of the molecule is O=C(Cc1cccc2ccccc12)N/N=C\C12c3ccccc3C(c3ccccc31)[C@@H]1C(=O)N(c3cccc4ccccc34)C(=O)[C@@H]12. The van der Waals surface area contributed by atoms with Crippen molar-refractivity contribution in [1.82, 2.24) is 5.43 Å². The molecule has 0 aromatic heterocycles. The van der Waals surface area contributed by atoms with Gasteiger partial charge in [-0.15, -0.1) is 0 Å². The number of carbonyl (C=O) groups excluding carboxylic acids is 3. The lowest BCUT2D eigenvalue weighted by Gasteiger charge is -2.52. The predicted octanol–water partition coefficient (Wildman–Crippen LogP) is 6.89. The van der Waals surface area contributed by atoms with Crippen LogP contribution in [0.2, 0.25) is 0 Å². The number of hydrogen-bond donors (Lipinski definition) is 1. The molecule has 0 unspecified atom stereocenters. The summed E-state index contributed by atoms with van der Waals surface area (Å²) in [5.41, 5.74) is 7.13. The molecule has 6 nitrogen and oxygen atoms in total. The van der Waals surface area contributed by atoms with Crippen LogP contribution < -0.4 is 10.3 Å². The lowest BCUT2D eigenvalue weighted by Crippen LogP contribution is -2.54. The van der Waals surface area contributed by atoms with Crippen molar-refractivity contribution in [2.45, 2.75) is 17.8 Å². The number of carbonyl (C=O) groups is 3. The normalized spacial score (nSPS) is 22.5. The van der Waals surface area contributed by atoms with E-state index in [1.165, 1.54) is 4.90 Å². The maximum Gasteiger partial charge on any atom is 0.244 e. The molecule has 47 heavy (non-hydrogen) atoms. The molecule has 2 atom stereocenters. The van der Waals surface area contributed by atoms with E-state index in [2.05, 4.69) is 22.7 Å². The molecule has 1 N–H and O–H groups in total. The van der Waals surface area contributed by atoms with Crippen molar-refractivity contribution in [3.63, 3.8) is 0 Å². The average molecular weight is 612 g/mol. The Kier molecular flexibility index (Phi) is 6.03. The zero-order valence-electron chi connectivity index (χ0n) is 25.3. The molecule has 0 spiro atoms. The number of nitrogens with zero attached hydrogens (tertiary/aromatic N) is 2. The van der Waals surface area contributed by atoms with Crippen LogP contribution in [0, 0.1) is 11.8 Å². The third-order valence-corrected chi connectivity index (χ3v) is 10.4. The van der Waals surface area contributed by atoms with Gasteiger partial charge in [-0.05, 0) is 50.0 Å². The summed E-state index contributed by atoms with van der Waals surface area (Å²) < 4.78 is 0. The van der Waals surface area contributed by atoms with Crippen LogP contribution in [0.15, 0.2) is 139 Å². The van der Waals surface area contributed by atoms with E-state index in [0.717, 1.165) is 49.4 Å². The summed E-state index contributed by atoms with van der Waals surface area (Å²) in [6, 6.07) is 43.6. The second-order valence-corrected chi connectivity index (χ2v) is 12.6. The largest absolute Gasteiger partial charge is 0.274 e. The number of fused-ring (bicyclic) bond motifs is 2. The van der Waals surface area contributed by atoms with Crippen molar-refractivity contribution < 1.29 is 14.4 Å². The van der Waals surface area contributed by atoms with Gasteiger partial charge in [-0.1, -0.05) is 127 Å². The summed E-state index contributed by atoms with van der Waals surface area (Å²) in [5, 5.41) is 8.49. The number of rotatable bonds is 5. The van der Waals surface area contributed by atoms with Gasteiger partial charge in [-0.25, -0.2) is 10.3 Å². The molecule has 10 rings (SSSR count). The maximum atomic E-state index is 14.8. The summed E-state index contributed by atoms with van der Waals surface area (Å²) in [4.78, 5) is 44.2. The van der Waals surface area contributed by atoms with Crippen LogP contribution in [0.5, 0.6) is 0 Å². The number of nitrogens with one attached hydrogen (secondary N) is 1. The van der Waals surface area contributed by atoms with E-state index in [1.54, 1.807) is 6.21 Å². The van der Waals surface area contributed by atoms with Crippen molar-refractivity contribution in [3.05, 3.63) is 161 Å². The molecule has 1 aliphatic heterocycles. The fourth-order valence-corrected chi connectivity index (χ4v) is 8.56. The van der Waals surface area contributed by atoms with Gasteiger partial charge in [0.2, 0.25) is 17.7 Å². The third-order valence-electron chi connectivity index (χ3n) is 10.4. The number of amides is 3. The Balaban J connectivity index is 1.16. The summed E-state index contributed by atoms with van der Waals surface area (Å²) in [5.74, 6) is -2.35. The Labute approximate surface area is 271 Å². The molecule has 0 saturated carbocycles. The van der Waals surface area contributed by atoms with E-state index in [4.69, 9.17) is 0 Å². The average Bonchev–Trinajstić information content (AvgIpc) is 3.38. The second-order valence-electron chi connectivity index (χ2n) is 12.6. The summed E-state index contributed by atoms with van der Waals surface area (Å²) in [6.07, 6.45) is 1.87. The molecule has 1 heterocycles. The molecular weight excluding hydrogens is 582 g/mol. The first-order valence-corrected chi connectivity index (χ1v) is 15.9. The molecule has 6 aromatic carbocycles. The summed E-state index contributed by atoms with van der Waals surface area (Å²) in [7, 11) is 0. The van der Waals surface area contributed by atoms with Gasteiger partial charge in [0.25, 0.3) is 0 Å². The fourth-order valence-electron chi connectivity index (χ4n) is 8.56. The minimum atomic E-state index is -1.06. The first-order chi connectivity index (χ1) is 23.1. The first kappa shape index (κ1) is 27.4. The predicted molar refractivity (Wildman–Crippen MR) is 183 cm³/mol. The Morgan fingerprint density at radius 1 is 0.681 bits per heavy atom. The highest BCUT2D eigenvalue weighted by Gasteiger charge is 2.68. The molecule has 3 aliphatic carbocycles. The minimum absolute atomic E-state index is 0.152. The molecule has 6 heteroatoms. The smallest absolute Gasteiger partial charge is 0.244 e. The van der Waals surface area contributed by atoms with Crippen LogP contribution in [0.25, 0.3) is 21.5 Å². The van der Waals surface area contributed by atoms with Crippen LogP contribution >= 0.6 is 0 Å². The van der Waals surface area contributed by atoms with E-state index >= 15 is 0 Å². The molecule has 4 aliphatic rings. The van der Waals surface area contributed by atoms with Crippen molar-refractivity contribution in [2.24, 2.45) is 16.9 Å². The monoisotopic (exact) mass is 611 g/mol. The number of hydrazone groups is 1. The van der Waals surface area contributed by atoms with Crippen LogP contribution in [0.3, 0.4) is 0 Å². The quantitative estimate of drug-likeness (QED) is 0.131. The topological polar surface area (TPSA) is 78.8 Å². The van der Waals surface area contributed by atoms with Gasteiger partial charge in [-0.3, -0.25) is 14.4 Å². The fraction of sp³-hybridized carbons (Fsp3) is 0.122. The minimum Gasteiger partial charge on any atom is -0.274 e. The molecule has 6 aromatic rings. The Hall–Kier alpha value is -5.88. The van der Waals surface area contributed by atoms with Gasteiger partial charge >= 0.3 is 0 Å². The maximum absolute atomic E-state index is 14.8.